The van der Waals surface area contributed by atoms with Gasteiger partial charge in [0.05, 0.1) is 18.1 Å². The zero-order valence-electron chi connectivity index (χ0n) is 19.5. The molecule has 184 valence electrons. The van der Waals surface area contributed by atoms with Gasteiger partial charge in [-0.25, -0.2) is 8.78 Å². The molecule has 1 aromatic carbocycles. The number of carbonyl (C=O) groups is 2. The highest BCUT2D eigenvalue weighted by molar-refractivity contribution is 5.78. The van der Waals surface area contributed by atoms with Crippen molar-refractivity contribution in [2.45, 2.75) is 82.9 Å². The van der Waals surface area contributed by atoms with E-state index in [4.69, 9.17) is 9.47 Å². The van der Waals surface area contributed by atoms with E-state index in [0.29, 0.717) is 18.8 Å². The van der Waals surface area contributed by atoms with Gasteiger partial charge in [-0.2, -0.15) is 0 Å². The molecule has 0 aromatic heterocycles. The van der Waals surface area contributed by atoms with E-state index < -0.39 is 35.7 Å². The molecule has 8 heteroatoms. The Morgan fingerprint density at radius 1 is 1.09 bits per heavy atom. The minimum absolute atomic E-state index is 0.0334. The second-order valence-corrected chi connectivity index (χ2v) is 9.47. The highest BCUT2D eigenvalue weighted by Gasteiger charge is 2.43. The van der Waals surface area contributed by atoms with Crippen molar-refractivity contribution in [1.29, 1.82) is 0 Å². The van der Waals surface area contributed by atoms with Gasteiger partial charge in [-0.3, -0.25) is 9.59 Å². The van der Waals surface area contributed by atoms with E-state index in [1.165, 1.54) is 7.11 Å². The molecule has 2 aliphatic rings. The maximum Gasteiger partial charge on any atom is 0.309 e. The van der Waals surface area contributed by atoms with E-state index in [0.717, 1.165) is 56.7 Å². The van der Waals surface area contributed by atoms with Crippen LogP contribution in [0.25, 0.3) is 0 Å². The number of amides is 1. The molecular formula is C25H35F2NO5. The topological polar surface area (TPSA) is 76.1 Å². The molecule has 1 amide bonds. The van der Waals surface area contributed by atoms with Gasteiger partial charge in [0, 0.05) is 25.6 Å². The van der Waals surface area contributed by atoms with Gasteiger partial charge in [0.15, 0.2) is 0 Å². The largest absolute Gasteiger partial charge is 0.481 e. The number of benzene rings is 1. The average molecular weight is 468 g/mol. The van der Waals surface area contributed by atoms with Crippen LogP contribution in [-0.2, 0) is 25.5 Å². The van der Waals surface area contributed by atoms with Gasteiger partial charge in [0.2, 0.25) is 5.91 Å². The fraction of sp³-hybridized carbons (Fsp3) is 0.680. The van der Waals surface area contributed by atoms with Crippen LogP contribution in [0.4, 0.5) is 8.78 Å². The Morgan fingerprint density at radius 2 is 1.76 bits per heavy atom. The summed E-state index contributed by atoms with van der Waals surface area (Å²) in [5.74, 6) is -3.35. The maximum absolute atomic E-state index is 13.8. The predicted molar refractivity (Wildman–Crippen MR) is 118 cm³/mol. The SMILES string of the molecule is COCO[C@@H]([C@H](Cc1cc(F)cc(F)c1)C(=O)O)[C@H]1CCC[C@H](C)N1C(=O)CC1CCCC1. The van der Waals surface area contributed by atoms with Crippen LogP contribution in [0.3, 0.4) is 0 Å². The minimum Gasteiger partial charge on any atom is -0.481 e. The molecule has 3 rings (SSSR count). The molecule has 6 nitrogen and oxygen atoms in total. The Labute approximate surface area is 194 Å². The van der Waals surface area contributed by atoms with Crippen LogP contribution in [-0.4, -0.2) is 54.0 Å². The first-order valence-corrected chi connectivity index (χ1v) is 11.9. The molecule has 0 bridgehead atoms. The van der Waals surface area contributed by atoms with E-state index in [2.05, 4.69) is 0 Å². The van der Waals surface area contributed by atoms with Crippen molar-refractivity contribution in [3.63, 3.8) is 0 Å². The minimum atomic E-state index is -1.14. The van der Waals surface area contributed by atoms with Gasteiger partial charge in [-0.05, 0) is 69.1 Å². The summed E-state index contributed by atoms with van der Waals surface area (Å²) in [7, 11) is 1.45. The summed E-state index contributed by atoms with van der Waals surface area (Å²) in [6, 6.07) is 2.55. The van der Waals surface area contributed by atoms with Crippen molar-refractivity contribution in [3.8, 4) is 0 Å². The summed E-state index contributed by atoms with van der Waals surface area (Å²) in [5.41, 5.74) is 0.235. The smallest absolute Gasteiger partial charge is 0.309 e. The van der Waals surface area contributed by atoms with E-state index in [1.807, 2.05) is 11.8 Å². The number of ether oxygens (including phenoxy) is 2. The third-order valence-corrected chi connectivity index (χ3v) is 7.03. The summed E-state index contributed by atoms with van der Waals surface area (Å²) in [6.45, 7) is 1.85. The second kappa shape index (κ2) is 11.9. The Kier molecular flexibility index (Phi) is 9.20. The molecule has 0 unspecified atom stereocenters. The fourth-order valence-corrected chi connectivity index (χ4v) is 5.52. The summed E-state index contributed by atoms with van der Waals surface area (Å²) in [4.78, 5) is 27.6. The van der Waals surface area contributed by atoms with Crippen LogP contribution in [0, 0.1) is 23.5 Å². The molecule has 1 aromatic rings. The third kappa shape index (κ3) is 6.73. The highest BCUT2D eigenvalue weighted by atomic mass is 19.1. The van der Waals surface area contributed by atoms with Crippen molar-refractivity contribution < 1.29 is 33.0 Å². The molecule has 1 aliphatic heterocycles. The number of carboxylic acid groups (broad SMARTS) is 1. The Morgan fingerprint density at radius 3 is 2.36 bits per heavy atom. The molecule has 2 fully saturated rings. The highest BCUT2D eigenvalue weighted by Crippen LogP contribution is 2.34. The summed E-state index contributed by atoms with van der Waals surface area (Å²) in [6.07, 6.45) is 6.14. The molecule has 1 saturated heterocycles. The number of nitrogens with zero attached hydrogens (tertiary/aromatic N) is 1. The lowest BCUT2D eigenvalue weighted by Gasteiger charge is -2.46. The van der Waals surface area contributed by atoms with Gasteiger partial charge >= 0.3 is 5.97 Å². The number of likely N-dealkylation sites (tertiary alicyclic amines) is 1. The fourth-order valence-electron chi connectivity index (χ4n) is 5.52. The lowest BCUT2D eigenvalue weighted by molar-refractivity contribution is -0.169. The van der Waals surface area contributed by atoms with Crippen LogP contribution in [0.5, 0.6) is 0 Å². The first-order chi connectivity index (χ1) is 15.8. The molecular weight excluding hydrogens is 432 g/mol. The summed E-state index contributed by atoms with van der Waals surface area (Å²) >= 11 is 0. The normalized spacial score (nSPS) is 23.5. The molecule has 33 heavy (non-hydrogen) atoms. The number of methoxy groups -OCH3 is 1. The number of carbonyl (C=O) groups excluding carboxylic acids is 1. The standard InChI is InChI=1S/C25H35F2NO5/c1-16-6-5-9-22(28(16)23(29)13-17-7-3-4-8-17)24(33-15-32-2)21(25(30)31)12-18-10-19(26)14-20(27)11-18/h10-11,14,16-17,21-22,24H,3-9,12-13,15H2,1-2H3,(H,30,31)/t16-,21-,22+,24-/m0/s1. The van der Waals surface area contributed by atoms with E-state index in [-0.39, 0.29) is 30.7 Å². The van der Waals surface area contributed by atoms with Gasteiger partial charge in [-0.15, -0.1) is 0 Å². The lowest BCUT2D eigenvalue weighted by atomic mass is 9.83. The molecule has 1 heterocycles. The summed E-state index contributed by atoms with van der Waals surface area (Å²) < 4.78 is 38.5. The van der Waals surface area contributed by atoms with Crippen LogP contribution in [0.15, 0.2) is 18.2 Å². The zero-order chi connectivity index (χ0) is 24.0. The van der Waals surface area contributed by atoms with Crippen molar-refractivity contribution in [2.24, 2.45) is 11.8 Å². The number of halogens is 2. The van der Waals surface area contributed by atoms with Gasteiger partial charge in [0.1, 0.15) is 18.4 Å². The van der Waals surface area contributed by atoms with Crippen LogP contribution >= 0.6 is 0 Å². The number of rotatable bonds is 10. The van der Waals surface area contributed by atoms with E-state index in [9.17, 15) is 23.5 Å². The third-order valence-electron chi connectivity index (χ3n) is 7.03. The predicted octanol–water partition coefficient (Wildman–Crippen LogP) is 4.55. The lowest BCUT2D eigenvalue weighted by Crippen LogP contribution is -2.57. The van der Waals surface area contributed by atoms with Gasteiger partial charge < -0.3 is 19.5 Å². The average Bonchev–Trinajstić information content (AvgIpc) is 3.25. The van der Waals surface area contributed by atoms with Crippen molar-refractivity contribution in [2.75, 3.05) is 13.9 Å². The number of carboxylic acids is 1. The van der Waals surface area contributed by atoms with Crippen molar-refractivity contribution in [3.05, 3.63) is 35.4 Å². The first kappa shape index (κ1) is 25.6. The van der Waals surface area contributed by atoms with Crippen LogP contribution in [0.1, 0.15) is 63.9 Å². The number of aliphatic carboxylic acids is 1. The Balaban J connectivity index is 1.88. The Hall–Kier alpha value is -2.06. The van der Waals surface area contributed by atoms with Gasteiger partial charge in [-0.1, -0.05) is 12.8 Å². The van der Waals surface area contributed by atoms with E-state index >= 15 is 0 Å². The molecule has 1 aliphatic carbocycles. The van der Waals surface area contributed by atoms with E-state index in [1.54, 1.807) is 0 Å². The molecule has 1 N–H and O–H groups in total. The van der Waals surface area contributed by atoms with Crippen LogP contribution < -0.4 is 0 Å². The van der Waals surface area contributed by atoms with Crippen molar-refractivity contribution >= 4 is 11.9 Å². The zero-order valence-corrected chi connectivity index (χ0v) is 19.5. The number of piperidine rings is 1. The number of hydrogen-bond donors (Lipinski definition) is 1. The molecule has 4 atom stereocenters. The molecule has 1 saturated carbocycles. The maximum atomic E-state index is 13.8. The first-order valence-electron chi connectivity index (χ1n) is 11.9. The van der Waals surface area contributed by atoms with Gasteiger partial charge in [0.25, 0.3) is 0 Å². The molecule has 0 spiro atoms. The second-order valence-electron chi connectivity index (χ2n) is 9.47. The quantitative estimate of drug-likeness (QED) is 0.511. The summed E-state index contributed by atoms with van der Waals surface area (Å²) in [5, 5.41) is 10.1. The monoisotopic (exact) mass is 467 g/mol. The van der Waals surface area contributed by atoms with Crippen LogP contribution in [0.2, 0.25) is 0 Å². The molecule has 0 radical (unpaired) electrons. The Bertz CT molecular complexity index is 794. The number of hydrogen-bond acceptors (Lipinski definition) is 4. The van der Waals surface area contributed by atoms with Crippen molar-refractivity contribution in [1.82, 2.24) is 4.90 Å².